The molecule has 1 aromatic carbocycles. The Labute approximate surface area is 98.3 Å². The SMILES string of the molecule is Br.CCCSc1nc2ccccc2[nH]1. The highest BCUT2D eigenvalue weighted by atomic mass is 79.9. The summed E-state index contributed by atoms with van der Waals surface area (Å²) >= 11 is 1.78. The van der Waals surface area contributed by atoms with Crippen LogP contribution in [0.4, 0.5) is 0 Å². The number of aromatic nitrogens is 2. The van der Waals surface area contributed by atoms with E-state index in [-0.39, 0.29) is 17.0 Å². The molecule has 0 fully saturated rings. The molecule has 0 amide bonds. The van der Waals surface area contributed by atoms with Gasteiger partial charge in [0.05, 0.1) is 11.0 Å². The van der Waals surface area contributed by atoms with Gasteiger partial charge in [-0.2, -0.15) is 0 Å². The summed E-state index contributed by atoms with van der Waals surface area (Å²) in [6.07, 6.45) is 1.18. The first-order valence-corrected chi connectivity index (χ1v) is 5.46. The molecule has 1 N–H and O–H groups in total. The van der Waals surface area contributed by atoms with Gasteiger partial charge in [-0.3, -0.25) is 0 Å². The number of benzene rings is 1. The van der Waals surface area contributed by atoms with Crippen molar-refractivity contribution in [2.75, 3.05) is 5.75 Å². The maximum absolute atomic E-state index is 4.46. The number of nitrogens with zero attached hydrogens (tertiary/aromatic N) is 1. The maximum Gasteiger partial charge on any atom is 0.166 e. The highest BCUT2D eigenvalue weighted by Gasteiger charge is 2.00. The molecule has 0 aliphatic heterocycles. The van der Waals surface area contributed by atoms with E-state index in [1.165, 1.54) is 6.42 Å². The van der Waals surface area contributed by atoms with Crippen LogP contribution in [0, 0.1) is 0 Å². The zero-order valence-corrected chi connectivity index (χ0v) is 10.5. The number of fused-ring (bicyclic) bond motifs is 1. The minimum atomic E-state index is 0. The number of para-hydroxylation sites is 2. The summed E-state index contributed by atoms with van der Waals surface area (Å²) in [7, 11) is 0. The Morgan fingerprint density at radius 2 is 2.14 bits per heavy atom. The zero-order valence-electron chi connectivity index (χ0n) is 7.99. The molecule has 0 aliphatic rings. The van der Waals surface area contributed by atoms with Crippen LogP contribution in [0.15, 0.2) is 29.4 Å². The van der Waals surface area contributed by atoms with Crippen molar-refractivity contribution in [2.45, 2.75) is 18.5 Å². The Morgan fingerprint density at radius 1 is 1.36 bits per heavy atom. The fraction of sp³-hybridized carbons (Fsp3) is 0.300. The summed E-state index contributed by atoms with van der Waals surface area (Å²) in [6.45, 7) is 2.18. The molecule has 2 aromatic rings. The minimum absolute atomic E-state index is 0. The summed E-state index contributed by atoms with van der Waals surface area (Å²) < 4.78 is 0. The Morgan fingerprint density at radius 3 is 2.86 bits per heavy atom. The molecule has 0 atom stereocenters. The fourth-order valence-corrected chi connectivity index (χ4v) is 1.94. The van der Waals surface area contributed by atoms with Crippen LogP contribution in [0.2, 0.25) is 0 Å². The van der Waals surface area contributed by atoms with E-state index < -0.39 is 0 Å². The van der Waals surface area contributed by atoms with Gasteiger partial charge in [-0.1, -0.05) is 30.8 Å². The smallest absolute Gasteiger partial charge is 0.166 e. The number of aromatic amines is 1. The topological polar surface area (TPSA) is 28.7 Å². The first kappa shape index (κ1) is 11.6. The summed E-state index contributed by atoms with van der Waals surface area (Å²) in [5.74, 6) is 1.12. The van der Waals surface area contributed by atoms with Crippen molar-refractivity contribution in [3.05, 3.63) is 24.3 Å². The Hall–Kier alpha value is -0.480. The van der Waals surface area contributed by atoms with Crippen LogP contribution in [0.3, 0.4) is 0 Å². The van der Waals surface area contributed by atoms with Crippen LogP contribution >= 0.6 is 28.7 Å². The van der Waals surface area contributed by atoms with Gasteiger partial charge in [-0.25, -0.2) is 4.98 Å². The van der Waals surface area contributed by atoms with Crippen molar-refractivity contribution in [3.8, 4) is 0 Å². The Bertz CT molecular complexity index is 367. The molecule has 1 heterocycles. The molecule has 76 valence electrons. The van der Waals surface area contributed by atoms with E-state index in [0.29, 0.717) is 0 Å². The third kappa shape index (κ3) is 2.51. The number of hydrogen-bond donors (Lipinski definition) is 1. The highest BCUT2D eigenvalue weighted by molar-refractivity contribution is 8.93. The molecule has 1 aromatic heterocycles. The van der Waals surface area contributed by atoms with Crippen molar-refractivity contribution in [3.63, 3.8) is 0 Å². The van der Waals surface area contributed by atoms with Crippen LogP contribution in [-0.2, 0) is 0 Å². The monoisotopic (exact) mass is 272 g/mol. The molecule has 0 unspecified atom stereocenters. The summed E-state index contributed by atoms with van der Waals surface area (Å²) in [5, 5.41) is 1.03. The van der Waals surface area contributed by atoms with E-state index in [4.69, 9.17) is 0 Å². The standard InChI is InChI=1S/C10H12N2S.BrH/c1-2-7-13-10-11-8-5-3-4-6-9(8)12-10;/h3-6H,2,7H2,1H3,(H,11,12);1H. The molecule has 2 nitrogen and oxygen atoms in total. The average molecular weight is 273 g/mol. The first-order valence-electron chi connectivity index (χ1n) is 4.47. The Balaban J connectivity index is 0.000000980. The molecule has 2 rings (SSSR count). The van der Waals surface area contributed by atoms with Crippen LogP contribution in [-0.4, -0.2) is 15.7 Å². The first-order chi connectivity index (χ1) is 6.40. The molecular formula is C10H13BrN2S. The summed E-state index contributed by atoms with van der Waals surface area (Å²) in [6, 6.07) is 8.12. The predicted molar refractivity (Wildman–Crippen MR) is 67.4 cm³/mol. The average Bonchev–Trinajstić information content (AvgIpc) is 2.57. The van der Waals surface area contributed by atoms with E-state index in [1.807, 2.05) is 18.2 Å². The molecule has 14 heavy (non-hydrogen) atoms. The van der Waals surface area contributed by atoms with E-state index in [0.717, 1.165) is 21.9 Å². The van der Waals surface area contributed by atoms with Crippen molar-refractivity contribution >= 4 is 39.8 Å². The van der Waals surface area contributed by atoms with Crippen LogP contribution < -0.4 is 0 Å². The second kappa shape index (κ2) is 5.41. The van der Waals surface area contributed by atoms with E-state index >= 15 is 0 Å². The summed E-state index contributed by atoms with van der Waals surface area (Å²) in [4.78, 5) is 7.74. The molecule has 4 heteroatoms. The number of H-pyrrole nitrogens is 1. The van der Waals surface area contributed by atoms with Gasteiger partial charge in [0.2, 0.25) is 0 Å². The van der Waals surface area contributed by atoms with Gasteiger partial charge in [0.25, 0.3) is 0 Å². The minimum Gasteiger partial charge on any atom is -0.333 e. The van der Waals surface area contributed by atoms with Gasteiger partial charge >= 0.3 is 0 Å². The van der Waals surface area contributed by atoms with Gasteiger partial charge < -0.3 is 4.98 Å². The maximum atomic E-state index is 4.46. The van der Waals surface area contributed by atoms with Gasteiger partial charge in [-0.15, -0.1) is 17.0 Å². The summed E-state index contributed by atoms with van der Waals surface area (Å²) in [5.41, 5.74) is 2.18. The van der Waals surface area contributed by atoms with Gasteiger partial charge in [0, 0.05) is 5.75 Å². The lowest BCUT2D eigenvalue weighted by Gasteiger charge is -1.90. The number of thioether (sulfide) groups is 1. The van der Waals surface area contributed by atoms with Crippen molar-refractivity contribution in [1.82, 2.24) is 9.97 Å². The molecule has 0 radical (unpaired) electrons. The molecular weight excluding hydrogens is 260 g/mol. The normalized spacial score (nSPS) is 10.1. The lowest BCUT2D eigenvalue weighted by Crippen LogP contribution is -1.76. The lowest BCUT2D eigenvalue weighted by atomic mass is 10.3. The van der Waals surface area contributed by atoms with Crippen molar-refractivity contribution in [1.29, 1.82) is 0 Å². The number of hydrogen-bond acceptors (Lipinski definition) is 2. The highest BCUT2D eigenvalue weighted by Crippen LogP contribution is 2.19. The largest absolute Gasteiger partial charge is 0.333 e. The number of rotatable bonds is 3. The van der Waals surface area contributed by atoms with E-state index in [2.05, 4.69) is 23.0 Å². The molecule has 0 saturated carbocycles. The van der Waals surface area contributed by atoms with Gasteiger partial charge in [0.15, 0.2) is 5.16 Å². The van der Waals surface area contributed by atoms with Gasteiger partial charge in [0.1, 0.15) is 0 Å². The number of imidazole rings is 1. The van der Waals surface area contributed by atoms with Crippen LogP contribution in [0.1, 0.15) is 13.3 Å². The van der Waals surface area contributed by atoms with Crippen LogP contribution in [0.5, 0.6) is 0 Å². The fourth-order valence-electron chi connectivity index (χ4n) is 1.20. The zero-order chi connectivity index (χ0) is 9.10. The van der Waals surface area contributed by atoms with E-state index in [9.17, 15) is 0 Å². The second-order valence-corrected chi connectivity index (χ2v) is 3.99. The van der Waals surface area contributed by atoms with Crippen LogP contribution in [0.25, 0.3) is 11.0 Å². The Kier molecular flexibility index (Phi) is 4.48. The molecule has 0 saturated heterocycles. The lowest BCUT2D eigenvalue weighted by molar-refractivity contribution is 1.05. The molecule has 0 aliphatic carbocycles. The van der Waals surface area contributed by atoms with E-state index in [1.54, 1.807) is 11.8 Å². The van der Waals surface area contributed by atoms with Crippen molar-refractivity contribution in [2.24, 2.45) is 0 Å². The molecule has 0 spiro atoms. The molecule has 0 bridgehead atoms. The third-order valence-electron chi connectivity index (χ3n) is 1.81. The number of halogens is 1. The van der Waals surface area contributed by atoms with Crippen molar-refractivity contribution < 1.29 is 0 Å². The predicted octanol–water partition coefficient (Wildman–Crippen LogP) is 3.64. The third-order valence-corrected chi connectivity index (χ3v) is 2.89. The van der Waals surface area contributed by atoms with Gasteiger partial charge in [-0.05, 0) is 18.6 Å². The second-order valence-electron chi connectivity index (χ2n) is 2.91. The quantitative estimate of drug-likeness (QED) is 0.865. The number of nitrogens with one attached hydrogen (secondary N) is 1.